The summed E-state index contributed by atoms with van der Waals surface area (Å²) in [6.45, 7) is 13.7. The van der Waals surface area contributed by atoms with Gasteiger partial charge in [0.05, 0.1) is 22.3 Å². The number of aromatic amines is 1. The van der Waals surface area contributed by atoms with Crippen LogP contribution in [0.3, 0.4) is 0 Å². The van der Waals surface area contributed by atoms with Gasteiger partial charge in [0, 0.05) is 75.4 Å². The van der Waals surface area contributed by atoms with Gasteiger partial charge < -0.3 is 19.4 Å². The number of piperidine rings is 3. The van der Waals surface area contributed by atoms with Crippen molar-refractivity contribution in [2.75, 3.05) is 68.7 Å². The number of aromatic nitrogens is 4. The lowest BCUT2D eigenvalue weighted by Crippen LogP contribution is -2.54. The zero-order valence-electron chi connectivity index (χ0n) is 34.6. The normalized spacial score (nSPS) is 24.3. The van der Waals surface area contributed by atoms with Crippen molar-refractivity contribution in [1.29, 1.82) is 0 Å². The molecule has 4 amide bonds. The van der Waals surface area contributed by atoms with E-state index in [4.69, 9.17) is 9.72 Å². The summed E-state index contributed by atoms with van der Waals surface area (Å²) in [5, 5.41) is 11.1. The number of piperazine rings is 1. The number of imide groups is 2. The molecule has 1 aliphatic carbocycles. The Morgan fingerprint density at radius 1 is 0.800 bits per heavy atom. The fraction of sp³-hybridized carbons (Fsp3) is 0.533. The minimum absolute atomic E-state index is 0.0462. The molecule has 1 saturated carbocycles. The van der Waals surface area contributed by atoms with Crippen LogP contribution in [0.1, 0.15) is 85.9 Å². The van der Waals surface area contributed by atoms with E-state index in [9.17, 15) is 19.2 Å². The van der Waals surface area contributed by atoms with Crippen molar-refractivity contribution in [2.24, 2.45) is 11.8 Å². The monoisotopic (exact) mass is 814 g/mol. The highest BCUT2D eigenvalue weighted by atomic mass is 16.5. The summed E-state index contributed by atoms with van der Waals surface area (Å²) in [7, 11) is 0. The van der Waals surface area contributed by atoms with Crippen LogP contribution in [0.25, 0.3) is 22.3 Å². The van der Waals surface area contributed by atoms with Gasteiger partial charge in [-0.2, -0.15) is 5.10 Å². The number of amides is 4. The van der Waals surface area contributed by atoms with Crippen LogP contribution in [0, 0.1) is 11.8 Å². The maximum absolute atomic E-state index is 13.4. The molecule has 0 bridgehead atoms. The second-order valence-electron chi connectivity index (χ2n) is 18.2. The van der Waals surface area contributed by atoms with Crippen LogP contribution in [-0.2, 0) is 9.59 Å². The molecule has 60 heavy (non-hydrogen) atoms. The smallest absolute Gasteiger partial charge is 0.262 e. The number of carbonyl (C=O) groups excluding carboxylic acids is 4. The van der Waals surface area contributed by atoms with Crippen LogP contribution in [0.5, 0.6) is 5.75 Å². The highest BCUT2D eigenvalue weighted by Gasteiger charge is 2.45. The molecule has 5 fully saturated rings. The Morgan fingerprint density at radius 2 is 1.57 bits per heavy atom. The molecular weight excluding hydrogens is 761 g/mol. The third-order valence-corrected chi connectivity index (χ3v) is 14.0. The van der Waals surface area contributed by atoms with Crippen LogP contribution in [0.4, 0.5) is 11.5 Å². The lowest BCUT2D eigenvalue weighted by Gasteiger charge is -2.43. The van der Waals surface area contributed by atoms with Crippen LogP contribution in [0.15, 0.2) is 48.8 Å². The zero-order valence-corrected chi connectivity index (χ0v) is 34.6. The number of benzene rings is 2. The summed E-state index contributed by atoms with van der Waals surface area (Å²) in [5.41, 5.74) is 4.14. The standard InChI is InChI=1S/C45H54N10O5/c1-28-24-54(39-23-37(46-27-47-39)41-35-22-32(60-45(2)13-14-45)4-6-36(35)49-50-41)20-19-53(28)26-30-9-15-51(16-10-30)25-29-11-17-52(18-12-29)31-3-5-33-34(21-31)44(59)55(43(33)58)38-7-8-40(56)48-42(38)57/h3-6,21-23,27-30,38H,7-20,24-26H2,1-2H3,(H,49,50)(H,48,56,57)/t28-,38?/m0/s1. The molecule has 2 aromatic heterocycles. The van der Waals surface area contributed by atoms with E-state index in [0.29, 0.717) is 29.0 Å². The number of nitrogens with one attached hydrogen (secondary N) is 2. The van der Waals surface area contributed by atoms with E-state index in [1.807, 2.05) is 24.3 Å². The lowest BCUT2D eigenvalue weighted by molar-refractivity contribution is -0.136. The number of ether oxygens (including phenoxy) is 1. The first-order valence-electron chi connectivity index (χ1n) is 21.9. The van der Waals surface area contributed by atoms with Gasteiger partial charge in [0.1, 0.15) is 35.2 Å². The molecule has 2 atom stereocenters. The molecule has 4 aromatic rings. The molecule has 7 heterocycles. The second kappa shape index (κ2) is 15.6. The first-order chi connectivity index (χ1) is 29.1. The Balaban J connectivity index is 0.677. The average Bonchev–Trinajstić information content (AvgIpc) is 3.74. The van der Waals surface area contributed by atoms with Gasteiger partial charge in [0.15, 0.2) is 0 Å². The Kier molecular flexibility index (Phi) is 10.1. The number of hydrogen-bond acceptors (Lipinski definition) is 12. The second-order valence-corrected chi connectivity index (χ2v) is 18.2. The molecule has 2 N–H and O–H groups in total. The Bertz CT molecular complexity index is 2330. The first kappa shape index (κ1) is 38.8. The number of carbonyl (C=O) groups is 4. The number of likely N-dealkylation sites (tertiary alicyclic amines) is 1. The van der Waals surface area contributed by atoms with Crippen molar-refractivity contribution in [3.63, 3.8) is 0 Å². The third-order valence-electron chi connectivity index (χ3n) is 14.0. The number of H-pyrrole nitrogens is 1. The minimum atomic E-state index is -0.953. The number of fused-ring (bicyclic) bond motifs is 2. The molecule has 15 heteroatoms. The van der Waals surface area contributed by atoms with E-state index in [1.165, 1.54) is 12.8 Å². The van der Waals surface area contributed by atoms with E-state index in [0.717, 1.165) is 129 Å². The molecule has 2 aromatic carbocycles. The number of anilines is 2. The Hall–Kier alpha value is -5.41. The van der Waals surface area contributed by atoms with Crippen molar-refractivity contribution in [2.45, 2.75) is 82.9 Å². The largest absolute Gasteiger partial charge is 0.488 e. The molecule has 15 nitrogen and oxygen atoms in total. The summed E-state index contributed by atoms with van der Waals surface area (Å²) in [4.78, 5) is 71.0. The van der Waals surface area contributed by atoms with Crippen LogP contribution < -0.4 is 19.9 Å². The van der Waals surface area contributed by atoms with E-state index < -0.39 is 23.8 Å². The van der Waals surface area contributed by atoms with Gasteiger partial charge in [0.25, 0.3) is 11.8 Å². The molecule has 10 rings (SSSR count). The Morgan fingerprint density at radius 3 is 2.33 bits per heavy atom. The molecule has 4 saturated heterocycles. The maximum Gasteiger partial charge on any atom is 0.262 e. The highest BCUT2D eigenvalue weighted by molar-refractivity contribution is 6.23. The highest BCUT2D eigenvalue weighted by Crippen LogP contribution is 2.41. The van der Waals surface area contributed by atoms with Crippen LogP contribution in [0.2, 0.25) is 0 Å². The minimum Gasteiger partial charge on any atom is -0.488 e. The summed E-state index contributed by atoms with van der Waals surface area (Å²) in [6, 6.07) is 13.1. The lowest BCUT2D eigenvalue weighted by atomic mass is 9.92. The summed E-state index contributed by atoms with van der Waals surface area (Å²) >= 11 is 0. The SMILES string of the molecule is C[C@H]1CN(c2cc(-c3n[nH]c4ccc(OC5(C)CC5)cc34)ncn2)CCN1CC1CCN(CC2CCN(c3ccc4c(c3)C(=O)N(C3CCC(=O)NC3=O)C4=O)CC2)CC1. The molecular formula is C45H54N10O5. The first-order valence-corrected chi connectivity index (χ1v) is 21.9. The van der Waals surface area contributed by atoms with Crippen molar-refractivity contribution in [3.8, 4) is 17.1 Å². The van der Waals surface area contributed by atoms with Crippen molar-refractivity contribution >= 4 is 46.0 Å². The van der Waals surface area contributed by atoms with Crippen molar-refractivity contribution in [3.05, 3.63) is 59.9 Å². The van der Waals surface area contributed by atoms with Crippen molar-refractivity contribution < 1.29 is 23.9 Å². The van der Waals surface area contributed by atoms with E-state index in [2.05, 4.69) is 66.1 Å². The zero-order chi connectivity index (χ0) is 41.1. The Labute approximate surface area is 349 Å². The molecule has 0 spiro atoms. The average molecular weight is 815 g/mol. The topological polar surface area (TPSA) is 160 Å². The maximum atomic E-state index is 13.4. The van der Waals surface area contributed by atoms with Gasteiger partial charge in [-0.25, -0.2) is 9.97 Å². The van der Waals surface area contributed by atoms with Gasteiger partial charge in [-0.1, -0.05) is 0 Å². The predicted molar refractivity (Wildman–Crippen MR) is 226 cm³/mol. The molecule has 1 unspecified atom stereocenters. The van der Waals surface area contributed by atoms with Gasteiger partial charge in [0.2, 0.25) is 11.8 Å². The number of hydrogen-bond donors (Lipinski definition) is 2. The molecule has 0 radical (unpaired) electrons. The van der Waals surface area contributed by atoms with Gasteiger partial charge in [-0.3, -0.25) is 39.4 Å². The summed E-state index contributed by atoms with van der Waals surface area (Å²) in [6.07, 6.45) is 8.70. The molecule has 314 valence electrons. The van der Waals surface area contributed by atoms with Gasteiger partial charge in [-0.15, -0.1) is 0 Å². The number of nitrogens with zero attached hydrogens (tertiary/aromatic N) is 8. The third kappa shape index (κ3) is 7.61. The molecule has 5 aliphatic heterocycles. The van der Waals surface area contributed by atoms with Gasteiger partial charge in [-0.05, 0) is 120 Å². The fourth-order valence-corrected chi connectivity index (χ4v) is 10.0. The van der Waals surface area contributed by atoms with Crippen molar-refractivity contribution in [1.82, 2.24) is 40.2 Å². The quantitative estimate of drug-likeness (QED) is 0.217. The van der Waals surface area contributed by atoms with E-state index in [1.54, 1.807) is 12.4 Å². The van der Waals surface area contributed by atoms with Crippen LogP contribution >= 0.6 is 0 Å². The molecule has 6 aliphatic rings. The van der Waals surface area contributed by atoms with E-state index in [-0.39, 0.29) is 24.3 Å². The fourth-order valence-electron chi connectivity index (χ4n) is 10.0. The summed E-state index contributed by atoms with van der Waals surface area (Å²) < 4.78 is 6.24. The predicted octanol–water partition coefficient (Wildman–Crippen LogP) is 4.49. The summed E-state index contributed by atoms with van der Waals surface area (Å²) in [5.74, 6) is 1.25. The van der Waals surface area contributed by atoms with E-state index >= 15 is 0 Å². The van der Waals surface area contributed by atoms with Crippen LogP contribution in [-0.4, -0.2) is 135 Å². The van der Waals surface area contributed by atoms with Gasteiger partial charge >= 0.3 is 0 Å². The number of rotatable bonds is 10.